The second-order valence-corrected chi connectivity index (χ2v) is 6.19. The van der Waals surface area contributed by atoms with Crippen molar-refractivity contribution in [2.45, 2.75) is 26.4 Å². The monoisotopic (exact) mass is 319 g/mol. The maximum atomic E-state index is 14.0. The Labute approximate surface area is 143 Å². The third-order valence-corrected chi connectivity index (χ3v) is 4.30. The van der Waals surface area contributed by atoms with Gasteiger partial charge >= 0.3 is 0 Å². The minimum Gasteiger partial charge on any atom is -0.306 e. The third kappa shape index (κ3) is 3.90. The molecule has 0 aliphatic carbocycles. The molecule has 0 heterocycles. The van der Waals surface area contributed by atoms with Crippen molar-refractivity contribution < 1.29 is 4.39 Å². The van der Waals surface area contributed by atoms with Gasteiger partial charge < -0.3 is 5.32 Å². The van der Waals surface area contributed by atoms with E-state index >= 15 is 0 Å². The van der Waals surface area contributed by atoms with Gasteiger partial charge in [-0.1, -0.05) is 66.2 Å². The Morgan fingerprint density at radius 3 is 2.42 bits per heavy atom. The first-order chi connectivity index (χ1) is 11.6. The standard InChI is InChI=1S/C22H22FN/c1-16-10-12-19(13-11-16)17(2)24-15-18-6-5-7-20(14-18)21-8-3-4-9-22(21)23/h3-14,17,24H,15H2,1-2H3/t17-/m1/s1. The molecule has 3 rings (SSSR count). The van der Waals surface area contributed by atoms with Crippen LogP contribution < -0.4 is 5.32 Å². The van der Waals surface area contributed by atoms with Crippen molar-refractivity contribution in [1.29, 1.82) is 0 Å². The van der Waals surface area contributed by atoms with Crippen molar-refractivity contribution in [3.8, 4) is 11.1 Å². The highest BCUT2D eigenvalue weighted by Crippen LogP contribution is 2.23. The molecule has 1 N–H and O–H groups in total. The minimum atomic E-state index is -0.185. The molecule has 0 saturated carbocycles. The van der Waals surface area contributed by atoms with Crippen molar-refractivity contribution in [3.63, 3.8) is 0 Å². The van der Waals surface area contributed by atoms with Gasteiger partial charge in [0, 0.05) is 18.2 Å². The summed E-state index contributed by atoms with van der Waals surface area (Å²) >= 11 is 0. The van der Waals surface area contributed by atoms with E-state index in [0.717, 1.165) is 17.7 Å². The first kappa shape index (κ1) is 16.4. The minimum absolute atomic E-state index is 0.185. The molecular formula is C22H22FN. The maximum absolute atomic E-state index is 14.0. The van der Waals surface area contributed by atoms with Gasteiger partial charge in [-0.3, -0.25) is 0 Å². The van der Waals surface area contributed by atoms with E-state index in [4.69, 9.17) is 0 Å². The van der Waals surface area contributed by atoms with Crippen LogP contribution in [0.15, 0.2) is 72.8 Å². The van der Waals surface area contributed by atoms with E-state index in [-0.39, 0.29) is 11.9 Å². The number of halogens is 1. The Morgan fingerprint density at radius 1 is 0.917 bits per heavy atom. The van der Waals surface area contributed by atoms with Crippen molar-refractivity contribution >= 4 is 0 Å². The molecule has 0 aromatic heterocycles. The molecule has 0 aliphatic heterocycles. The Hall–Kier alpha value is -2.45. The highest BCUT2D eigenvalue weighted by Gasteiger charge is 2.07. The van der Waals surface area contributed by atoms with Crippen LogP contribution >= 0.6 is 0 Å². The van der Waals surface area contributed by atoms with Crippen LogP contribution in [0, 0.1) is 12.7 Å². The van der Waals surface area contributed by atoms with Crippen molar-refractivity contribution in [2.24, 2.45) is 0 Å². The zero-order valence-corrected chi connectivity index (χ0v) is 14.1. The number of hydrogen-bond donors (Lipinski definition) is 1. The van der Waals surface area contributed by atoms with Crippen molar-refractivity contribution in [3.05, 3.63) is 95.3 Å². The Kier molecular flexibility index (Phi) is 5.07. The van der Waals surface area contributed by atoms with Crippen LogP contribution in [0.4, 0.5) is 4.39 Å². The van der Waals surface area contributed by atoms with E-state index in [9.17, 15) is 4.39 Å². The second kappa shape index (κ2) is 7.41. The van der Waals surface area contributed by atoms with E-state index < -0.39 is 0 Å². The molecule has 2 heteroatoms. The first-order valence-electron chi connectivity index (χ1n) is 8.27. The molecule has 0 bridgehead atoms. The summed E-state index contributed by atoms with van der Waals surface area (Å²) in [7, 11) is 0. The summed E-state index contributed by atoms with van der Waals surface area (Å²) in [4.78, 5) is 0. The molecule has 1 atom stereocenters. The average molecular weight is 319 g/mol. The van der Waals surface area contributed by atoms with Gasteiger partial charge in [0.15, 0.2) is 0 Å². The number of nitrogens with one attached hydrogen (secondary N) is 1. The molecule has 0 radical (unpaired) electrons. The molecule has 0 amide bonds. The smallest absolute Gasteiger partial charge is 0.131 e. The van der Waals surface area contributed by atoms with E-state index in [1.165, 1.54) is 17.2 Å². The highest BCUT2D eigenvalue weighted by molar-refractivity contribution is 5.64. The van der Waals surface area contributed by atoms with E-state index in [1.54, 1.807) is 6.07 Å². The van der Waals surface area contributed by atoms with Crippen LogP contribution in [-0.2, 0) is 6.54 Å². The molecule has 0 saturated heterocycles. The van der Waals surface area contributed by atoms with Crippen LogP contribution in [-0.4, -0.2) is 0 Å². The van der Waals surface area contributed by atoms with Crippen LogP contribution in [0.5, 0.6) is 0 Å². The van der Waals surface area contributed by atoms with Crippen LogP contribution in [0.2, 0.25) is 0 Å². The molecule has 24 heavy (non-hydrogen) atoms. The fraction of sp³-hybridized carbons (Fsp3) is 0.182. The van der Waals surface area contributed by atoms with Crippen molar-refractivity contribution in [2.75, 3.05) is 0 Å². The number of aryl methyl sites for hydroxylation is 1. The molecular weight excluding hydrogens is 297 g/mol. The van der Waals surface area contributed by atoms with Gasteiger partial charge in [0.05, 0.1) is 0 Å². The predicted molar refractivity (Wildman–Crippen MR) is 98.3 cm³/mol. The summed E-state index contributed by atoms with van der Waals surface area (Å²) < 4.78 is 14.0. The molecule has 0 spiro atoms. The zero-order chi connectivity index (χ0) is 16.9. The summed E-state index contributed by atoms with van der Waals surface area (Å²) in [6, 6.07) is 23.8. The Morgan fingerprint density at radius 2 is 1.67 bits per heavy atom. The summed E-state index contributed by atoms with van der Waals surface area (Å²) in [5, 5.41) is 3.53. The summed E-state index contributed by atoms with van der Waals surface area (Å²) in [5.41, 5.74) is 5.24. The molecule has 0 unspecified atom stereocenters. The summed E-state index contributed by atoms with van der Waals surface area (Å²) in [5.74, 6) is -0.185. The fourth-order valence-corrected chi connectivity index (χ4v) is 2.79. The van der Waals surface area contributed by atoms with Gasteiger partial charge in [-0.25, -0.2) is 4.39 Å². The molecule has 0 aliphatic rings. The molecule has 0 fully saturated rings. The van der Waals surface area contributed by atoms with Crippen molar-refractivity contribution in [1.82, 2.24) is 5.32 Å². The van der Waals surface area contributed by atoms with Gasteiger partial charge in [-0.2, -0.15) is 0 Å². The lowest BCUT2D eigenvalue weighted by atomic mass is 10.0. The summed E-state index contributed by atoms with van der Waals surface area (Å²) in [6.07, 6.45) is 0. The summed E-state index contributed by atoms with van der Waals surface area (Å²) in [6.45, 7) is 5.00. The predicted octanol–water partition coefficient (Wildman–Crippen LogP) is 5.65. The number of hydrogen-bond acceptors (Lipinski definition) is 1. The van der Waals surface area contributed by atoms with Crippen LogP contribution in [0.3, 0.4) is 0 Å². The molecule has 3 aromatic carbocycles. The fourth-order valence-electron chi connectivity index (χ4n) is 2.79. The Bertz CT molecular complexity index is 808. The van der Waals surface area contributed by atoms with Gasteiger partial charge in [-0.05, 0) is 42.7 Å². The maximum Gasteiger partial charge on any atom is 0.131 e. The van der Waals surface area contributed by atoms with Crippen LogP contribution in [0.25, 0.3) is 11.1 Å². The number of benzene rings is 3. The largest absolute Gasteiger partial charge is 0.306 e. The van der Waals surface area contributed by atoms with Gasteiger partial charge in [0.25, 0.3) is 0 Å². The molecule has 3 aromatic rings. The zero-order valence-electron chi connectivity index (χ0n) is 14.1. The normalized spacial score (nSPS) is 12.1. The lowest BCUT2D eigenvalue weighted by Gasteiger charge is -2.15. The lowest BCUT2D eigenvalue weighted by Crippen LogP contribution is -2.18. The van der Waals surface area contributed by atoms with E-state index in [1.807, 2.05) is 30.3 Å². The molecule has 122 valence electrons. The highest BCUT2D eigenvalue weighted by atomic mass is 19.1. The first-order valence-corrected chi connectivity index (χ1v) is 8.27. The Balaban J connectivity index is 1.71. The quantitative estimate of drug-likeness (QED) is 0.640. The van der Waals surface area contributed by atoms with E-state index in [0.29, 0.717) is 5.56 Å². The van der Waals surface area contributed by atoms with Gasteiger partial charge in [0.1, 0.15) is 5.82 Å². The topological polar surface area (TPSA) is 12.0 Å². The van der Waals surface area contributed by atoms with E-state index in [2.05, 4.69) is 49.5 Å². The second-order valence-electron chi connectivity index (χ2n) is 6.19. The van der Waals surface area contributed by atoms with Crippen LogP contribution in [0.1, 0.15) is 29.7 Å². The average Bonchev–Trinajstić information content (AvgIpc) is 2.61. The molecule has 1 nitrogen and oxygen atoms in total. The number of rotatable bonds is 5. The lowest BCUT2D eigenvalue weighted by molar-refractivity contribution is 0.574. The third-order valence-electron chi connectivity index (χ3n) is 4.30. The SMILES string of the molecule is Cc1ccc([C@@H](C)NCc2cccc(-c3ccccc3F)c2)cc1. The van der Waals surface area contributed by atoms with Gasteiger partial charge in [0.2, 0.25) is 0 Å². The van der Waals surface area contributed by atoms with Gasteiger partial charge in [-0.15, -0.1) is 0 Å².